The summed E-state index contributed by atoms with van der Waals surface area (Å²) in [6, 6.07) is 26.5. The molecule has 0 saturated heterocycles. The van der Waals surface area contributed by atoms with Crippen LogP contribution >= 0.6 is 0 Å². The smallest absolute Gasteiger partial charge is 0.161 e. The molecule has 0 bridgehead atoms. The predicted octanol–water partition coefficient (Wildman–Crippen LogP) is 5.53. The molecule has 4 rings (SSSR count). The largest absolute Gasteiger partial charge is 0.493 e. The third-order valence-electron chi connectivity index (χ3n) is 4.76. The Morgan fingerprint density at radius 1 is 0.714 bits per heavy atom. The van der Waals surface area contributed by atoms with Gasteiger partial charge in [-0.1, -0.05) is 48.5 Å². The molecule has 0 amide bonds. The van der Waals surface area contributed by atoms with Crippen LogP contribution in [0, 0.1) is 6.92 Å². The maximum Gasteiger partial charge on any atom is 0.161 e. The molecule has 1 aromatic heterocycles. The quantitative estimate of drug-likeness (QED) is 0.463. The van der Waals surface area contributed by atoms with E-state index in [9.17, 15) is 0 Å². The molecule has 0 aliphatic carbocycles. The lowest BCUT2D eigenvalue weighted by atomic mass is 10.1. The first-order chi connectivity index (χ1) is 13.7. The van der Waals surface area contributed by atoms with Crippen LogP contribution < -0.4 is 9.47 Å². The summed E-state index contributed by atoms with van der Waals surface area (Å²) in [7, 11) is 3.29. The van der Waals surface area contributed by atoms with Crippen molar-refractivity contribution in [3.05, 3.63) is 84.6 Å². The maximum atomic E-state index is 5.52. The Balaban J connectivity index is 1.99. The molecule has 4 nitrogen and oxygen atoms in total. The summed E-state index contributed by atoms with van der Waals surface area (Å²) in [5.74, 6) is 2.31. The number of ether oxygens (including phenoxy) is 2. The van der Waals surface area contributed by atoms with E-state index in [0.717, 1.165) is 34.0 Å². The Bertz CT molecular complexity index is 1090. The van der Waals surface area contributed by atoms with Crippen molar-refractivity contribution in [2.75, 3.05) is 14.2 Å². The van der Waals surface area contributed by atoms with Gasteiger partial charge in [0, 0.05) is 16.8 Å². The molecule has 140 valence electrons. The zero-order valence-corrected chi connectivity index (χ0v) is 16.2. The van der Waals surface area contributed by atoms with Crippen molar-refractivity contribution in [2.45, 2.75) is 6.92 Å². The minimum atomic E-state index is 0.696. The molecule has 0 aliphatic rings. The zero-order valence-electron chi connectivity index (χ0n) is 16.2. The van der Waals surface area contributed by atoms with Crippen LogP contribution in [-0.4, -0.2) is 23.8 Å². The SMILES string of the molecule is COc1ccc(-c2c(C)nc(-c3ccccc3)n2-c2ccccc2)cc1OC. The number of imidazole rings is 1. The fourth-order valence-electron chi connectivity index (χ4n) is 3.46. The third-order valence-corrected chi connectivity index (χ3v) is 4.76. The summed E-state index contributed by atoms with van der Waals surface area (Å²) in [6.45, 7) is 2.04. The fraction of sp³-hybridized carbons (Fsp3) is 0.125. The van der Waals surface area contributed by atoms with E-state index in [-0.39, 0.29) is 0 Å². The van der Waals surface area contributed by atoms with E-state index in [0.29, 0.717) is 11.5 Å². The second-order valence-electron chi connectivity index (χ2n) is 6.48. The van der Waals surface area contributed by atoms with E-state index in [1.165, 1.54) is 0 Å². The van der Waals surface area contributed by atoms with Gasteiger partial charge in [-0.25, -0.2) is 4.98 Å². The van der Waals surface area contributed by atoms with E-state index in [1.54, 1.807) is 14.2 Å². The first kappa shape index (κ1) is 17.9. The molecule has 0 saturated carbocycles. The highest BCUT2D eigenvalue weighted by molar-refractivity contribution is 5.74. The van der Waals surface area contributed by atoms with Gasteiger partial charge >= 0.3 is 0 Å². The van der Waals surface area contributed by atoms with Crippen LogP contribution in [0.5, 0.6) is 11.5 Å². The Morgan fingerprint density at radius 3 is 2.00 bits per heavy atom. The topological polar surface area (TPSA) is 36.3 Å². The van der Waals surface area contributed by atoms with E-state index in [2.05, 4.69) is 28.8 Å². The Kier molecular flexibility index (Phi) is 4.85. The molecule has 4 aromatic rings. The normalized spacial score (nSPS) is 10.7. The highest BCUT2D eigenvalue weighted by Crippen LogP contribution is 2.37. The lowest BCUT2D eigenvalue weighted by Gasteiger charge is -2.15. The highest BCUT2D eigenvalue weighted by atomic mass is 16.5. The van der Waals surface area contributed by atoms with Gasteiger partial charge < -0.3 is 9.47 Å². The summed E-state index contributed by atoms with van der Waals surface area (Å²) in [4.78, 5) is 4.92. The number of aromatic nitrogens is 2. The molecule has 0 radical (unpaired) electrons. The Labute approximate surface area is 165 Å². The van der Waals surface area contributed by atoms with Crippen LogP contribution in [0.15, 0.2) is 78.9 Å². The van der Waals surface area contributed by atoms with E-state index >= 15 is 0 Å². The second kappa shape index (κ2) is 7.61. The molecule has 0 atom stereocenters. The first-order valence-electron chi connectivity index (χ1n) is 9.15. The van der Waals surface area contributed by atoms with Gasteiger partial charge in [0.2, 0.25) is 0 Å². The van der Waals surface area contributed by atoms with Gasteiger partial charge in [-0.15, -0.1) is 0 Å². The summed E-state index contributed by atoms with van der Waals surface area (Å²) in [5.41, 5.74) is 5.14. The molecular formula is C24H22N2O2. The van der Waals surface area contributed by atoms with Crippen molar-refractivity contribution in [2.24, 2.45) is 0 Å². The fourth-order valence-corrected chi connectivity index (χ4v) is 3.46. The van der Waals surface area contributed by atoms with E-state index < -0.39 is 0 Å². The molecule has 28 heavy (non-hydrogen) atoms. The van der Waals surface area contributed by atoms with Crippen molar-refractivity contribution >= 4 is 0 Å². The standard InChI is InChI=1S/C24H22N2O2/c1-17-23(19-14-15-21(27-2)22(16-19)28-3)26(20-12-8-5-9-13-20)24(25-17)18-10-6-4-7-11-18/h4-16H,1-3H3. The van der Waals surface area contributed by atoms with Crippen molar-refractivity contribution in [3.8, 4) is 39.8 Å². The van der Waals surface area contributed by atoms with Gasteiger partial charge in [-0.3, -0.25) is 4.57 Å². The van der Waals surface area contributed by atoms with Gasteiger partial charge in [0.15, 0.2) is 11.5 Å². The first-order valence-corrected chi connectivity index (χ1v) is 9.15. The van der Waals surface area contributed by atoms with E-state index in [4.69, 9.17) is 14.5 Å². The van der Waals surface area contributed by atoms with Gasteiger partial charge in [0.1, 0.15) is 5.82 Å². The number of para-hydroxylation sites is 1. The van der Waals surface area contributed by atoms with Crippen molar-refractivity contribution < 1.29 is 9.47 Å². The minimum Gasteiger partial charge on any atom is -0.493 e. The molecular weight excluding hydrogens is 348 g/mol. The number of nitrogens with zero attached hydrogens (tertiary/aromatic N) is 2. The summed E-state index contributed by atoms with van der Waals surface area (Å²) >= 11 is 0. The Morgan fingerprint density at radius 2 is 1.36 bits per heavy atom. The number of benzene rings is 3. The molecule has 4 heteroatoms. The van der Waals surface area contributed by atoms with Crippen LogP contribution in [0.4, 0.5) is 0 Å². The molecule has 0 unspecified atom stereocenters. The van der Waals surface area contributed by atoms with Gasteiger partial charge in [0.05, 0.1) is 25.6 Å². The molecule has 1 heterocycles. The third kappa shape index (κ3) is 3.14. The second-order valence-corrected chi connectivity index (χ2v) is 6.48. The molecule has 0 spiro atoms. The number of hydrogen-bond acceptors (Lipinski definition) is 3. The van der Waals surface area contributed by atoms with Crippen LogP contribution in [0.3, 0.4) is 0 Å². The molecule has 0 N–H and O–H groups in total. The van der Waals surface area contributed by atoms with Crippen molar-refractivity contribution in [1.82, 2.24) is 9.55 Å². The Hall–Kier alpha value is -3.53. The van der Waals surface area contributed by atoms with Crippen molar-refractivity contribution in [1.29, 1.82) is 0 Å². The number of rotatable bonds is 5. The van der Waals surface area contributed by atoms with Gasteiger partial charge in [-0.05, 0) is 37.3 Å². The van der Waals surface area contributed by atoms with Crippen molar-refractivity contribution in [3.63, 3.8) is 0 Å². The molecule has 0 aliphatic heterocycles. The molecule has 0 fully saturated rings. The van der Waals surface area contributed by atoms with Gasteiger partial charge in [-0.2, -0.15) is 0 Å². The zero-order chi connectivity index (χ0) is 19.5. The number of hydrogen-bond donors (Lipinski definition) is 0. The molecule has 3 aromatic carbocycles. The monoisotopic (exact) mass is 370 g/mol. The lowest BCUT2D eigenvalue weighted by Crippen LogP contribution is -2.00. The van der Waals surface area contributed by atoms with Crippen LogP contribution in [0.1, 0.15) is 5.69 Å². The van der Waals surface area contributed by atoms with E-state index in [1.807, 2.05) is 61.5 Å². The lowest BCUT2D eigenvalue weighted by molar-refractivity contribution is 0.355. The summed E-state index contributed by atoms with van der Waals surface area (Å²) in [6.07, 6.45) is 0. The minimum absolute atomic E-state index is 0.696. The summed E-state index contributed by atoms with van der Waals surface area (Å²) in [5, 5.41) is 0. The average Bonchev–Trinajstić information content (AvgIpc) is 3.11. The highest BCUT2D eigenvalue weighted by Gasteiger charge is 2.20. The van der Waals surface area contributed by atoms with Crippen LogP contribution in [-0.2, 0) is 0 Å². The predicted molar refractivity (Wildman–Crippen MR) is 112 cm³/mol. The average molecular weight is 370 g/mol. The van der Waals surface area contributed by atoms with Gasteiger partial charge in [0.25, 0.3) is 0 Å². The maximum absolute atomic E-state index is 5.52. The summed E-state index contributed by atoms with van der Waals surface area (Å²) < 4.78 is 13.1. The number of aryl methyl sites for hydroxylation is 1. The van der Waals surface area contributed by atoms with Crippen LogP contribution in [0.2, 0.25) is 0 Å². The van der Waals surface area contributed by atoms with Crippen LogP contribution in [0.25, 0.3) is 28.3 Å². The number of methoxy groups -OCH3 is 2.